The van der Waals surface area contributed by atoms with Gasteiger partial charge in [-0.3, -0.25) is 4.79 Å². The van der Waals surface area contributed by atoms with Crippen molar-refractivity contribution < 1.29 is 14.6 Å². The largest absolute Gasteiger partial charge is 0.469 e. The molecule has 0 saturated carbocycles. The number of carbonyl (C=O) groups excluding carboxylic acids is 1. The molecule has 1 N–H and O–H groups in total. The summed E-state index contributed by atoms with van der Waals surface area (Å²) in [6.07, 6.45) is 9.39. The maximum Gasteiger partial charge on any atom is 0.305 e. The van der Waals surface area contributed by atoms with Crippen LogP contribution in [0.15, 0.2) is 0 Å². The average molecular weight is 230 g/mol. The number of hydrogen-bond acceptors (Lipinski definition) is 3. The number of carbonyl (C=O) groups is 1. The first-order valence-electron chi connectivity index (χ1n) is 6.41. The summed E-state index contributed by atoms with van der Waals surface area (Å²) >= 11 is 0. The van der Waals surface area contributed by atoms with Crippen LogP contribution in [0, 0.1) is 0 Å². The van der Waals surface area contributed by atoms with Crippen molar-refractivity contribution >= 4 is 5.97 Å². The molecule has 0 amide bonds. The highest BCUT2D eigenvalue weighted by atomic mass is 16.5. The Kier molecular flexibility index (Phi) is 10.5. The van der Waals surface area contributed by atoms with Crippen LogP contribution in [0.3, 0.4) is 0 Å². The van der Waals surface area contributed by atoms with Crippen molar-refractivity contribution in [2.45, 2.75) is 70.8 Å². The van der Waals surface area contributed by atoms with Crippen LogP contribution in [-0.4, -0.2) is 24.3 Å². The Morgan fingerprint density at radius 2 is 1.56 bits per heavy atom. The van der Waals surface area contributed by atoms with E-state index in [-0.39, 0.29) is 12.1 Å². The summed E-state index contributed by atoms with van der Waals surface area (Å²) in [5.41, 5.74) is 0. The molecule has 0 rings (SSSR count). The third kappa shape index (κ3) is 11.5. The Balaban J connectivity index is 3.01. The van der Waals surface area contributed by atoms with E-state index in [1.165, 1.54) is 32.8 Å². The Morgan fingerprint density at radius 3 is 2.06 bits per heavy atom. The average Bonchev–Trinajstić information content (AvgIpc) is 2.26. The molecular formula is C13H26O3. The van der Waals surface area contributed by atoms with Gasteiger partial charge in [0.15, 0.2) is 0 Å². The molecule has 96 valence electrons. The third-order valence-electron chi connectivity index (χ3n) is 2.73. The van der Waals surface area contributed by atoms with Gasteiger partial charge in [0.2, 0.25) is 0 Å². The minimum absolute atomic E-state index is 0.100. The quantitative estimate of drug-likeness (QED) is 0.463. The van der Waals surface area contributed by atoms with Crippen molar-refractivity contribution in [1.82, 2.24) is 0 Å². The van der Waals surface area contributed by atoms with Gasteiger partial charge >= 0.3 is 5.97 Å². The van der Waals surface area contributed by atoms with Crippen LogP contribution >= 0.6 is 0 Å². The summed E-state index contributed by atoms with van der Waals surface area (Å²) in [5, 5.41) is 9.06. The molecule has 0 fully saturated rings. The smallest absolute Gasteiger partial charge is 0.305 e. The van der Waals surface area contributed by atoms with Gasteiger partial charge in [-0.2, -0.15) is 0 Å². The second-order valence-electron chi connectivity index (χ2n) is 4.44. The third-order valence-corrected chi connectivity index (χ3v) is 2.73. The van der Waals surface area contributed by atoms with E-state index in [1.807, 2.05) is 6.92 Å². The molecule has 0 saturated heterocycles. The van der Waals surface area contributed by atoms with Gasteiger partial charge in [0, 0.05) is 6.42 Å². The number of unbranched alkanes of at least 4 members (excludes halogenated alkanes) is 6. The number of methoxy groups -OCH3 is 1. The molecule has 0 aromatic rings. The molecule has 1 atom stereocenters. The van der Waals surface area contributed by atoms with Crippen LogP contribution in [0.25, 0.3) is 0 Å². The fourth-order valence-electron chi connectivity index (χ4n) is 1.70. The minimum atomic E-state index is -0.153. The molecule has 0 aromatic carbocycles. The number of esters is 1. The first-order chi connectivity index (χ1) is 7.66. The standard InChI is InChI=1S/C13H26O3/c1-12(14)10-8-6-4-3-5-7-9-11-13(15)16-2/h12,14H,3-11H2,1-2H3. The normalized spacial score (nSPS) is 12.4. The maximum atomic E-state index is 10.8. The Bertz CT molecular complexity index is 167. The van der Waals surface area contributed by atoms with Crippen LogP contribution in [0.2, 0.25) is 0 Å². The lowest BCUT2D eigenvalue weighted by molar-refractivity contribution is -0.140. The predicted molar refractivity (Wildman–Crippen MR) is 65.2 cm³/mol. The van der Waals surface area contributed by atoms with Crippen LogP contribution in [0.1, 0.15) is 64.7 Å². The van der Waals surface area contributed by atoms with Crippen LogP contribution < -0.4 is 0 Å². The number of rotatable bonds is 10. The predicted octanol–water partition coefficient (Wildman–Crippen LogP) is 3.05. The van der Waals surface area contributed by atoms with E-state index in [4.69, 9.17) is 5.11 Å². The molecular weight excluding hydrogens is 204 g/mol. The lowest BCUT2D eigenvalue weighted by atomic mass is 10.1. The molecule has 0 aliphatic carbocycles. The molecule has 0 spiro atoms. The van der Waals surface area contributed by atoms with Crippen molar-refractivity contribution in [2.75, 3.05) is 7.11 Å². The SMILES string of the molecule is COC(=O)CCCCCCCCCC(C)O. The molecule has 1 unspecified atom stereocenters. The summed E-state index contributed by atoms with van der Waals surface area (Å²) < 4.78 is 4.57. The highest BCUT2D eigenvalue weighted by molar-refractivity contribution is 5.68. The zero-order chi connectivity index (χ0) is 12.2. The summed E-state index contributed by atoms with van der Waals surface area (Å²) in [4.78, 5) is 10.8. The maximum absolute atomic E-state index is 10.8. The number of aliphatic hydroxyl groups is 1. The topological polar surface area (TPSA) is 46.5 Å². The Morgan fingerprint density at radius 1 is 1.06 bits per heavy atom. The van der Waals surface area contributed by atoms with Crippen molar-refractivity contribution in [1.29, 1.82) is 0 Å². The van der Waals surface area contributed by atoms with Crippen LogP contribution in [0.5, 0.6) is 0 Å². The molecule has 16 heavy (non-hydrogen) atoms. The minimum Gasteiger partial charge on any atom is -0.469 e. The van der Waals surface area contributed by atoms with Crippen molar-refractivity contribution in [2.24, 2.45) is 0 Å². The Labute approximate surface area is 99.2 Å². The van der Waals surface area contributed by atoms with Gasteiger partial charge in [0.1, 0.15) is 0 Å². The second-order valence-corrected chi connectivity index (χ2v) is 4.44. The highest BCUT2D eigenvalue weighted by Gasteiger charge is 1.99. The van der Waals surface area contributed by atoms with Gasteiger partial charge in [0.05, 0.1) is 13.2 Å². The first-order valence-corrected chi connectivity index (χ1v) is 6.41. The molecule has 3 nitrogen and oxygen atoms in total. The molecule has 0 radical (unpaired) electrons. The molecule has 3 heteroatoms. The van der Waals surface area contributed by atoms with E-state index < -0.39 is 0 Å². The summed E-state index contributed by atoms with van der Waals surface area (Å²) in [6, 6.07) is 0. The van der Waals surface area contributed by atoms with E-state index in [9.17, 15) is 4.79 Å². The number of hydrogen-bond donors (Lipinski definition) is 1. The summed E-state index contributed by atoms with van der Waals surface area (Å²) in [5.74, 6) is -0.100. The molecule has 0 aliphatic heterocycles. The van der Waals surface area contributed by atoms with Gasteiger partial charge in [-0.25, -0.2) is 0 Å². The zero-order valence-corrected chi connectivity index (χ0v) is 10.7. The van der Waals surface area contributed by atoms with E-state index in [1.54, 1.807) is 0 Å². The molecule has 0 aromatic heterocycles. The van der Waals surface area contributed by atoms with Gasteiger partial charge < -0.3 is 9.84 Å². The van der Waals surface area contributed by atoms with Crippen LogP contribution in [-0.2, 0) is 9.53 Å². The van der Waals surface area contributed by atoms with E-state index >= 15 is 0 Å². The monoisotopic (exact) mass is 230 g/mol. The summed E-state index contributed by atoms with van der Waals surface area (Å²) in [7, 11) is 1.44. The number of aliphatic hydroxyl groups excluding tert-OH is 1. The van der Waals surface area contributed by atoms with E-state index in [2.05, 4.69) is 4.74 Å². The van der Waals surface area contributed by atoms with Gasteiger partial charge in [-0.05, 0) is 19.8 Å². The molecule has 0 heterocycles. The molecule has 0 bridgehead atoms. The van der Waals surface area contributed by atoms with Gasteiger partial charge in [0.25, 0.3) is 0 Å². The fourth-order valence-corrected chi connectivity index (χ4v) is 1.70. The number of ether oxygens (including phenoxy) is 1. The lowest BCUT2D eigenvalue weighted by Crippen LogP contribution is -1.99. The highest BCUT2D eigenvalue weighted by Crippen LogP contribution is 2.10. The molecule has 0 aliphatic rings. The first kappa shape index (κ1) is 15.4. The van der Waals surface area contributed by atoms with E-state index in [0.29, 0.717) is 6.42 Å². The van der Waals surface area contributed by atoms with Crippen molar-refractivity contribution in [3.8, 4) is 0 Å². The van der Waals surface area contributed by atoms with Crippen molar-refractivity contribution in [3.05, 3.63) is 0 Å². The van der Waals surface area contributed by atoms with Gasteiger partial charge in [-0.15, -0.1) is 0 Å². The lowest BCUT2D eigenvalue weighted by Gasteiger charge is -2.04. The van der Waals surface area contributed by atoms with Crippen molar-refractivity contribution in [3.63, 3.8) is 0 Å². The fraction of sp³-hybridized carbons (Fsp3) is 0.923. The Hall–Kier alpha value is -0.570. The van der Waals surface area contributed by atoms with Crippen LogP contribution in [0.4, 0.5) is 0 Å². The zero-order valence-electron chi connectivity index (χ0n) is 10.7. The summed E-state index contributed by atoms with van der Waals surface area (Å²) in [6.45, 7) is 1.84. The van der Waals surface area contributed by atoms with E-state index in [0.717, 1.165) is 25.7 Å². The second kappa shape index (κ2) is 10.9. The van der Waals surface area contributed by atoms with Gasteiger partial charge in [-0.1, -0.05) is 38.5 Å².